The van der Waals surface area contributed by atoms with Crippen LogP contribution in [0.2, 0.25) is 0 Å². The zero-order valence-corrected chi connectivity index (χ0v) is 10.3. The second-order valence-corrected chi connectivity index (χ2v) is 3.98. The zero-order chi connectivity index (χ0) is 13.5. The molecule has 0 saturated heterocycles. The molecule has 0 amide bonds. The molecule has 2 rings (SSSR count). The van der Waals surface area contributed by atoms with E-state index in [1.807, 2.05) is 60.7 Å². The smallest absolute Gasteiger partial charge is 0.258 e. The summed E-state index contributed by atoms with van der Waals surface area (Å²) in [5.74, 6) is 0. The molecule has 94 valence electrons. The highest BCUT2D eigenvalue weighted by atomic mass is 16.6. The third-order valence-corrected chi connectivity index (χ3v) is 2.57. The van der Waals surface area contributed by atoms with Crippen molar-refractivity contribution >= 4 is 17.8 Å². The van der Waals surface area contributed by atoms with Gasteiger partial charge in [0.2, 0.25) is 0 Å². The van der Waals surface area contributed by atoms with Crippen molar-refractivity contribution in [3.63, 3.8) is 0 Å². The van der Waals surface area contributed by atoms with E-state index in [0.717, 1.165) is 11.1 Å². The molecule has 0 aromatic heterocycles. The van der Waals surface area contributed by atoms with Gasteiger partial charge in [0.05, 0.1) is 4.92 Å². The van der Waals surface area contributed by atoms with E-state index in [9.17, 15) is 10.1 Å². The van der Waals surface area contributed by atoms with Crippen LogP contribution in [0.15, 0.2) is 66.7 Å². The van der Waals surface area contributed by atoms with Crippen molar-refractivity contribution in [1.82, 2.24) is 0 Å². The van der Waals surface area contributed by atoms with Crippen LogP contribution >= 0.6 is 0 Å². The number of nitrogens with zero attached hydrogens (tertiary/aromatic N) is 1. The second kappa shape index (κ2) is 6.31. The summed E-state index contributed by atoms with van der Waals surface area (Å²) in [6.45, 7) is 0. The summed E-state index contributed by atoms with van der Waals surface area (Å²) in [7, 11) is 0. The Kier molecular flexibility index (Phi) is 4.24. The monoisotopic (exact) mass is 251 g/mol. The van der Waals surface area contributed by atoms with Crippen molar-refractivity contribution in [2.45, 2.75) is 0 Å². The van der Waals surface area contributed by atoms with E-state index < -0.39 is 4.92 Å². The van der Waals surface area contributed by atoms with Crippen LogP contribution in [-0.4, -0.2) is 4.92 Å². The summed E-state index contributed by atoms with van der Waals surface area (Å²) in [4.78, 5) is 10.2. The molecule has 3 heteroatoms. The van der Waals surface area contributed by atoms with Gasteiger partial charge in [0, 0.05) is 12.1 Å². The Morgan fingerprint density at radius 2 is 1.47 bits per heavy atom. The normalized spacial score (nSPS) is 11.2. The second-order valence-electron chi connectivity index (χ2n) is 3.98. The van der Waals surface area contributed by atoms with Crippen LogP contribution in [0.3, 0.4) is 0 Å². The number of hydrogen-bond donors (Lipinski definition) is 0. The highest BCUT2D eigenvalue weighted by Gasteiger charge is 2.02. The van der Waals surface area contributed by atoms with Crippen molar-refractivity contribution in [3.05, 3.63) is 88.0 Å². The first-order valence-electron chi connectivity index (χ1n) is 5.90. The molecule has 0 N–H and O–H groups in total. The van der Waals surface area contributed by atoms with E-state index in [4.69, 9.17) is 0 Å². The molecular weight excluding hydrogens is 238 g/mol. The molecule has 0 atom stereocenters. The predicted molar refractivity (Wildman–Crippen MR) is 77.6 cm³/mol. The highest BCUT2D eigenvalue weighted by Crippen LogP contribution is 2.14. The van der Waals surface area contributed by atoms with Gasteiger partial charge in [0.15, 0.2) is 0 Å². The van der Waals surface area contributed by atoms with Gasteiger partial charge in [-0.1, -0.05) is 66.8 Å². The Labute approximate surface area is 111 Å². The van der Waals surface area contributed by atoms with Crippen LogP contribution in [0.25, 0.3) is 12.2 Å². The summed E-state index contributed by atoms with van der Waals surface area (Å²) in [5.41, 5.74) is 2.03. The van der Waals surface area contributed by atoms with Gasteiger partial charge in [-0.25, -0.2) is 0 Å². The van der Waals surface area contributed by atoms with E-state index >= 15 is 0 Å². The van der Waals surface area contributed by atoms with Crippen LogP contribution in [0, 0.1) is 10.1 Å². The van der Waals surface area contributed by atoms with Crippen molar-refractivity contribution in [3.8, 4) is 0 Å². The van der Waals surface area contributed by atoms with Crippen molar-refractivity contribution in [2.24, 2.45) is 0 Å². The number of nitro groups is 1. The first-order valence-corrected chi connectivity index (χ1v) is 5.90. The molecule has 0 aliphatic heterocycles. The lowest BCUT2D eigenvalue weighted by Gasteiger charge is -1.93. The van der Waals surface area contributed by atoms with E-state index in [1.54, 1.807) is 12.1 Å². The summed E-state index contributed by atoms with van der Waals surface area (Å²) in [5, 5.41) is 10.6. The lowest BCUT2D eigenvalue weighted by molar-refractivity contribution is -0.384. The minimum Gasteiger partial charge on any atom is -0.258 e. The number of nitro benzene ring substituents is 1. The molecule has 0 heterocycles. The summed E-state index contributed by atoms with van der Waals surface area (Å²) in [6, 6.07) is 16.5. The lowest BCUT2D eigenvalue weighted by Crippen LogP contribution is -1.87. The Morgan fingerprint density at radius 1 is 0.842 bits per heavy atom. The van der Waals surface area contributed by atoms with E-state index in [-0.39, 0.29) is 5.69 Å². The lowest BCUT2D eigenvalue weighted by atomic mass is 10.1. The zero-order valence-electron chi connectivity index (χ0n) is 10.3. The molecule has 0 unspecified atom stereocenters. The van der Waals surface area contributed by atoms with Crippen LogP contribution in [0.1, 0.15) is 11.1 Å². The number of rotatable bonds is 4. The largest absolute Gasteiger partial charge is 0.270 e. The number of benzene rings is 2. The molecule has 3 nitrogen and oxygen atoms in total. The minimum atomic E-state index is -0.392. The average molecular weight is 251 g/mol. The third-order valence-electron chi connectivity index (χ3n) is 2.57. The molecule has 2 aromatic carbocycles. The summed E-state index contributed by atoms with van der Waals surface area (Å²) in [6.07, 6.45) is 7.60. The van der Waals surface area contributed by atoms with Crippen LogP contribution in [0.5, 0.6) is 0 Å². The Morgan fingerprint density at radius 3 is 2.16 bits per heavy atom. The maximum Gasteiger partial charge on any atom is 0.270 e. The predicted octanol–water partition coefficient (Wildman–Crippen LogP) is 4.32. The molecule has 0 aliphatic carbocycles. The maximum absolute atomic E-state index is 10.6. The van der Waals surface area contributed by atoms with Crippen LogP contribution in [0.4, 0.5) is 5.69 Å². The van der Waals surface area contributed by atoms with Crippen molar-refractivity contribution in [1.29, 1.82) is 0 Å². The number of allylic oxidation sites excluding steroid dienone is 2. The molecule has 2 aromatic rings. The van der Waals surface area contributed by atoms with Crippen molar-refractivity contribution < 1.29 is 4.92 Å². The number of non-ortho nitro benzene ring substituents is 1. The molecule has 0 fully saturated rings. The quantitative estimate of drug-likeness (QED) is 0.461. The standard InChI is InChI=1S/C16H13NO2/c18-17(19)16-12-6-11-15(13-16)10-5-4-9-14-7-2-1-3-8-14/h1-13H/b9-4+,10-5+. The Bertz CT molecular complexity index is 616. The molecule has 0 aliphatic rings. The SMILES string of the molecule is O=[N+]([O-])c1cccc(/C=C/C=C/c2ccccc2)c1. The van der Waals surface area contributed by atoms with Gasteiger partial charge < -0.3 is 0 Å². The fraction of sp³-hybridized carbons (Fsp3) is 0. The first-order chi connectivity index (χ1) is 9.25. The topological polar surface area (TPSA) is 43.1 Å². The summed E-state index contributed by atoms with van der Waals surface area (Å²) < 4.78 is 0. The average Bonchev–Trinajstić information content (AvgIpc) is 2.45. The number of hydrogen-bond acceptors (Lipinski definition) is 2. The van der Waals surface area contributed by atoms with Gasteiger partial charge in [-0.05, 0) is 11.1 Å². The highest BCUT2D eigenvalue weighted by molar-refractivity contribution is 5.58. The van der Waals surface area contributed by atoms with E-state index in [1.165, 1.54) is 6.07 Å². The molecule has 19 heavy (non-hydrogen) atoms. The van der Waals surface area contributed by atoms with Gasteiger partial charge >= 0.3 is 0 Å². The molecule has 0 spiro atoms. The van der Waals surface area contributed by atoms with Crippen LogP contribution < -0.4 is 0 Å². The van der Waals surface area contributed by atoms with Gasteiger partial charge in [0.25, 0.3) is 5.69 Å². The fourth-order valence-electron chi connectivity index (χ4n) is 1.64. The van der Waals surface area contributed by atoms with Crippen molar-refractivity contribution in [2.75, 3.05) is 0 Å². The third kappa shape index (κ3) is 3.92. The fourth-order valence-corrected chi connectivity index (χ4v) is 1.64. The Balaban J connectivity index is 2.05. The van der Waals surface area contributed by atoms with Gasteiger partial charge in [-0.15, -0.1) is 0 Å². The van der Waals surface area contributed by atoms with Gasteiger partial charge in [-0.2, -0.15) is 0 Å². The van der Waals surface area contributed by atoms with E-state index in [2.05, 4.69) is 0 Å². The maximum atomic E-state index is 10.6. The molecule has 0 bridgehead atoms. The van der Waals surface area contributed by atoms with Crippen LogP contribution in [-0.2, 0) is 0 Å². The minimum absolute atomic E-state index is 0.106. The van der Waals surface area contributed by atoms with Gasteiger partial charge in [0.1, 0.15) is 0 Å². The molecular formula is C16H13NO2. The summed E-state index contributed by atoms with van der Waals surface area (Å²) >= 11 is 0. The molecule has 0 radical (unpaired) electrons. The Hall–Kier alpha value is -2.68. The van der Waals surface area contributed by atoms with E-state index in [0.29, 0.717) is 0 Å². The van der Waals surface area contributed by atoms with Gasteiger partial charge in [-0.3, -0.25) is 10.1 Å². The molecule has 0 saturated carbocycles. The first kappa shape index (κ1) is 12.8.